The van der Waals surface area contributed by atoms with Crippen molar-refractivity contribution in [2.45, 2.75) is 32.6 Å². The molecule has 116 valence electrons. The zero-order valence-corrected chi connectivity index (χ0v) is 12.8. The number of aryl methyl sites for hydroxylation is 1. The Labute approximate surface area is 129 Å². The smallest absolute Gasteiger partial charge is 0.232 e. The Morgan fingerprint density at radius 1 is 1.45 bits per heavy atom. The molecule has 1 amide bonds. The summed E-state index contributed by atoms with van der Waals surface area (Å²) in [5.74, 6) is 1.27. The average Bonchev–Trinajstić information content (AvgIpc) is 3.09. The predicted octanol–water partition coefficient (Wildman–Crippen LogP) is 2.85. The summed E-state index contributed by atoms with van der Waals surface area (Å²) in [5, 5.41) is 6.53. The molecule has 0 unspecified atom stereocenters. The summed E-state index contributed by atoms with van der Waals surface area (Å²) < 4.78 is 5.48. The van der Waals surface area contributed by atoms with Crippen LogP contribution in [0.25, 0.3) is 11.1 Å². The predicted molar refractivity (Wildman–Crippen MR) is 84.6 cm³/mol. The molecule has 0 bridgehead atoms. The van der Waals surface area contributed by atoms with Gasteiger partial charge in [0.15, 0.2) is 11.5 Å². The van der Waals surface area contributed by atoms with Gasteiger partial charge in [-0.15, -0.1) is 0 Å². The lowest BCUT2D eigenvalue weighted by Crippen LogP contribution is -2.44. The van der Waals surface area contributed by atoms with Crippen LogP contribution < -0.4 is 10.6 Å². The van der Waals surface area contributed by atoms with Gasteiger partial charge in [0, 0.05) is 19.2 Å². The molecule has 0 radical (unpaired) electrons. The van der Waals surface area contributed by atoms with Crippen molar-refractivity contribution < 1.29 is 9.21 Å². The summed E-state index contributed by atoms with van der Waals surface area (Å²) in [7, 11) is 0. The van der Waals surface area contributed by atoms with E-state index in [1.807, 2.05) is 25.1 Å². The zero-order chi connectivity index (χ0) is 15.2. The molecule has 1 aliphatic heterocycles. The lowest BCUT2D eigenvalue weighted by atomic mass is 9.67. The van der Waals surface area contributed by atoms with E-state index in [-0.39, 0.29) is 11.3 Å². The molecule has 4 rings (SSSR count). The molecule has 2 N–H and O–H groups in total. The number of hydrogen-bond donors (Lipinski definition) is 2. The van der Waals surface area contributed by atoms with Gasteiger partial charge in [0.25, 0.3) is 0 Å². The minimum Gasteiger partial charge on any atom is -0.441 e. The van der Waals surface area contributed by atoms with Crippen LogP contribution in [0.15, 0.2) is 22.6 Å². The molecule has 5 heteroatoms. The first kappa shape index (κ1) is 13.8. The molecule has 2 aromatic rings. The molecule has 0 spiro atoms. The van der Waals surface area contributed by atoms with E-state index < -0.39 is 0 Å². The third kappa shape index (κ3) is 2.11. The number of nitrogens with zero attached hydrogens (tertiary/aromatic N) is 1. The fraction of sp³-hybridized carbons (Fsp3) is 0.529. The van der Waals surface area contributed by atoms with Crippen molar-refractivity contribution in [2.24, 2.45) is 11.3 Å². The van der Waals surface area contributed by atoms with Crippen molar-refractivity contribution in [3.05, 3.63) is 24.1 Å². The number of fused-ring (bicyclic) bond motifs is 2. The molecule has 2 atom stereocenters. The van der Waals surface area contributed by atoms with Crippen LogP contribution in [-0.4, -0.2) is 24.0 Å². The quantitative estimate of drug-likeness (QED) is 0.895. The third-order valence-electron chi connectivity index (χ3n) is 5.24. The molecule has 1 saturated heterocycles. The van der Waals surface area contributed by atoms with Gasteiger partial charge >= 0.3 is 0 Å². The molecule has 2 fully saturated rings. The lowest BCUT2D eigenvalue weighted by Gasteiger charge is -2.37. The van der Waals surface area contributed by atoms with Crippen LogP contribution >= 0.6 is 0 Å². The normalized spacial score (nSPS) is 27.8. The van der Waals surface area contributed by atoms with Gasteiger partial charge in [0.05, 0.1) is 5.41 Å². The van der Waals surface area contributed by atoms with E-state index in [4.69, 9.17) is 4.42 Å². The van der Waals surface area contributed by atoms with E-state index in [0.717, 1.165) is 49.1 Å². The second kappa shape index (κ2) is 5.09. The summed E-state index contributed by atoms with van der Waals surface area (Å²) in [6.45, 7) is 3.60. The monoisotopic (exact) mass is 299 g/mol. The van der Waals surface area contributed by atoms with Gasteiger partial charge in [0.1, 0.15) is 5.52 Å². The molecule has 1 aliphatic carbocycles. The SMILES string of the molecule is Cc1nc2cc(NC(=O)[C@@]34CCCC[C@H]3CNC4)ccc2o1. The van der Waals surface area contributed by atoms with Crippen LogP contribution in [0.3, 0.4) is 0 Å². The van der Waals surface area contributed by atoms with Crippen molar-refractivity contribution in [2.75, 3.05) is 18.4 Å². The second-order valence-electron chi connectivity index (χ2n) is 6.60. The largest absolute Gasteiger partial charge is 0.441 e. The highest BCUT2D eigenvalue weighted by Crippen LogP contribution is 2.44. The molecular weight excluding hydrogens is 278 g/mol. The van der Waals surface area contributed by atoms with Crippen LogP contribution in [0, 0.1) is 18.3 Å². The maximum atomic E-state index is 12.9. The number of benzene rings is 1. The summed E-state index contributed by atoms with van der Waals surface area (Å²) >= 11 is 0. The average molecular weight is 299 g/mol. The molecule has 2 heterocycles. The topological polar surface area (TPSA) is 67.2 Å². The molecule has 1 saturated carbocycles. The highest BCUT2D eigenvalue weighted by Gasteiger charge is 2.49. The van der Waals surface area contributed by atoms with E-state index >= 15 is 0 Å². The Hall–Kier alpha value is -1.88. The number of nitrogens with one attached hydrogen (secondary N) is 2. The van der Waals surface area contributed by atoms with Gasteiger partial charge in [-0.05, 0) is 43.5 Å². The number of rotatable bonds is 2. The van der Waals surface area contributed by atoms with Gasteiger partial charge in [-0.2, -0.15) is 0 Å². The minimum absolute atomic E-state index is 0.154. The van der Waals surface area contributed by atoms with Crippen molar-refractivity contribution in [3.63, 3.8) is 0 Å². The Kier molecular flexibility index (Phi) is 3.18. The van der Waals surface area contributed by atoms with Gasteiger partial charge < -0.3 is 15.1 Å². The van der Waals surface area contributed by atoms with Crippen molar-refractivity contribution in [1.29, 1.82) is 0 Å². The highest BCUT2D eigenvalue weighted by atomic mass is 16.3. The number of carbonyl (C=O) groups is 1. The first-order chi connectivity index (χ1) is 10.7. The Morgan fingerprint density at radius 2 is 2.36 bits per heavy atom. The van der Waals surface area contributed by atoms with E-state index in [0.29, 0.717) is 11.8 Å². The van der Waals surface area contributed by atoms with Crippen LogP contribution in [0.1, 0.15) is 31.6 Å². The zero-order valence-electron chi connectivity index (χ0n) is 12.8. The fourth-order valence-electron chi connectivity index (χ4n) is 4.07. The minimum atomic E-state index is -0.229. The van der Waals surface area contributed by atoms with Crippen molar-refractivity contribution >= 4 is 22.7 Å². The maximum absolute atomic E-state index is 12.9. The Balaban J connectivity index is 1.59. The molecule has 1 aromatic carbocycles. The fourth-order valence-corrected chi connectivity index (χ4v) is 4.07. The Bertz CT molecular complexity index is 724. The molecule has 5 nitrogen and oxygen atoms in total. The lowest BCUT2D eigenvalue weighted by molar-refractivity contribution is -0.128. The molecule has 2 aliphatic rings. The molecular formula is C17H21N3O2. The van der Waals surface area contributed by atoms with E-state index in [9.17, 15) is 4.79 Å². The standard InChI is InChI=1S/C17H21N3O2/c1-11-19-14-8-13(5-6-15(14)22-11)20-16(21)17-7-3-2-4-12(17)9-18-10-17/h5-6,8,12,18H,2-4,7,9-10H2,1H3,(H,20,21)/t12-,17+/m0/s1. The van der Waals surface area contributed by atoms with Crippen molar-refractivity contribution in [1.82, 2.24) is 10.3 Å². The first-order valence-corrected chi connectivity index (χ1v) is 8.07. The Morgan fingerprint density at radius 3 is 3.27 bits per heavy atom. The summed E-state index contributed by atoms with van der Waals surface area (Å²) in [6, 6.07) is 5.65. The van der Waals surface area contributed by atoms with E-state index in [1.54, 1.807) is 0 Å². The number of amides is 1. The highest BCUT2D eigenvalue weighted by molar-refractivity contribution is 5.97. The number of hydrogen-bond acceptors (Lipinski definition) is 4. The number of oxazole rings is 1. The van der Waals surface area contributed by atoms with Gasteiger partial charge in [0.2, 0.25) is 5.91 Å². The van der Waals surface area contributed by atoms with Crippen LogP contribution in [-0.2, 0) is 4.79 Å². The van der Waals surface area contributed by atoms with Gasteiger partial charge in [-0.25, -0.2) is 4.98 Å². The molecule has 1 aromatic heterocycles. The van der Waals surface area contributed by atoms with Crippen LogP contribution in [0.5, 0.6) is 0 Å². The van der Waals surface area contributed by atoms with Gasteiger partial charge in [-0.3, -0.25) is 4.79 Å². The van der Waals surface area contributed by atoms with Gasteiger partial charge in [-0.1, -0.05) is 12.8 Å². The number of anilines is 1. The molecule has 22 heavy (non-hydrogen) atoms. The van der Waals surface area contributed by atoms with Crippen LogP contribution in [0.4, 0.5) is 5.69 Å². The summed E-state index contributed by atoms with van der Waals surface area (Å²) in [4.78, 5) is 17.2. The van der Waals surface area contributed by atoms with Crippen LogP contribution in [0.2, 0.25) is 0 Å². The first-order valence-electron chi connectivity index (χ1n) is 8.07. The maximum Gasteiger partial charge on any atom is 0.232 e. The van der Waals surface area contributed by atoms with E-state index in [1.165, 1.54) is 6.42 Å². The number of carbonyl (C=O) groups excluding carboxylic acids is 1. The third-order valence-corrected chi connectivity index (χ3v) is 5.24. The summed E-state index contributed by atoms with van der Waals surface area (Å²) in [6.07, 6.45) is 4.53. The second-order valence-corrected chi connectivity index (χ2v) is 6.60. The summed E-state index contributed by atoms with van der Waals surface area (Å²) in [5.41, 5.74) is 2.12. The number of aromatic nitrogens is 1. The van der Waals surface area contributed by atoms with Crippen molar-refractivity contribution in [3.8, 4) is 0 Å². The van der Waals surface area contributed by atoms with E-state index in [2.05, 4.69) is 15.6 Å².